The molecule has 0 saturated carbocycles. The third-order valence-corrected chi connectivity index (χ3v) is 3.44. The lowest BCUT2D eigenvalue weighted by Gasteiger charge is -2.09. The maximum atomic E-state index is 5.41. The average molecular weight is 267 g/mol. The maximum absolute atomic E-state index is 5.41. The Balaban J connectivity index is 2.06. The third-order valence-electron chi connectivity index (χ3n) is 3.44. The lowest BCUT2D eigenvalue weighted by atomic mass is 10.1. The second kappa shape index (κ2) is 5.33. The summed E-state index contributed by atoms with van der Waals surface area (Å²) in [6, 6.07) is 12.0. The number of hydrogen-bond donors (Lipinski definition) is 0. The molecular formula is C16H17N3O. The molecule has 0 bridgehead atoms. The van der Waals surface area contributed by atoms with Crippen molar-refractivity contribution < 1.29 is 4.74 Å². The lowest BCUT2D eigenvalue weighted by molar-refractivity contribution is 0.410. The monoisotopic (exact) mass is 267 g/mol. The molecule has 20 heavy (non-hydrogen) atoms. The quantitative estimate of drug-likeness (QED) is 0.729. The number of methoxy groups -OCH3 is 1. The van der Waals surface area contributed by atoms with Gasteiger partial charge in [-0.15, -0.1) is 0 Å². The Hall–Kier alpha value is -2.36. The van der Waals surface area contributed by atoms with Gasteiger partial charge in [0, 0.05) is 24.7 Å². The molecule has 1 aromatic carbocycles. The summed E-state index contributed by atoms with van der Waals surface area (Å²) in [4.78, 5) is 9.13. The first-order chi connectivity index (χ1) is 9.83. The zero-order chi connectivity index (χ0) is 13.9. The molecule has 0 aliphatic heterocycles. The molecule has 2 aromatic heterocycles. The van der Waals surface area contributed by atoms with Gasteiger partial charge in [-0.25, -0.2) is 9.97 Å². The molecule has 0 aliphatic rings. The molecule has 0 saturated heterocycles. The Labute approximate surface area is 118 Å². The molecule has 0 fully saturated rings. The zero-order valence-corrected chi connectivity index (χ0v) is 11.7. The Morgan fingerprint density at radius 3 is 2.80 bits per heavy atom. The van der Waals surface area contributed by atoms with Crippen molar-refractivity contribution in [2.24, 2.45) is 0 Å². The van der Waals surface area contributed by atoms with Crippen molar-refractivity contribution in [3.05, 3.63) is 54.0 Å². The van der Waals surface area contributed by atoms with Crippen LogP contribution in [0, 0.1) is 0 Å². The van der Waals surface area contributed by atoms with Crippen LogP contribution in [0.25, 0.3) is 11.2 Å². The van der Waals surface area contributed by atoms with Crippen LogP contribution in [0.5, 0.6) is 5.75 Å². The van der Waals surface area contributed by atoms with Crippen molar-refractivity contribution in [2.75, 3.05) is 7.11 Å². The molecule has 0 unspecified atom stereocenters. The predicted octanol–water partition coefficient (Wildman–Crippen LogP) is 3.05. The highest BCUT2D eigenvalue weighted by atomic mass is 16.5. The summed E-state index contributed by atoms with van der Waals surface area (Å²) in [5.74, 6) is 1.92. The molecular weight excluding hydrogens is 250 g/mol. The van der Waals surface area contributed by atoms with Crippen molar-refractivity contribution in [2.45, 2.75) is 19.9 Å². The first-order valence-corrected chi connectivity index (χ1v) is 6.75. The van der Waals surface area contributed by atoms with Gasteiger partial charge < -0.3 is 9.30 Å². The van der Waals surface area contributed by atoms with Gasteiger partial charge in [0.2, 0.25) is 0 Å². The standard InChI is InChI=1S/C16H17N3O/c1-3-19-15(18-13-8-6-10-17-16(13)19)11-12-7-4-5-9-14(12)20-2/h4-10H,3,11H2,1-2H3. The van der Waals surface area contributed by atoms with E-state index in [-0.39, 0.29) is 0 Å². The molecule has 3 aromatic rings. The van der Waals surface area contributed by atoms with Crippen LogP contribution in [0.1, 0.15) is 18.3 Å². The first kappa shape index (κ1) is 12.7. The second-order valence-corrected chi connectivity index (χ2v) is 4.61. The topological polar surface area (TPSA) is 39.9 Å². The number of aryl methyl sites for hydroxylation is 1. The number of para-hydroxylation sites is 1. The van der Waals surface area contributed by atoms with E-state index in [1.807, 2.05) is 36.5 Å². The molecule has 4 nitrogen and oxygen atoms in total. The highest BCUT2D eigenvalue weighted by Crippen LogP contribution is 2.22. The number of aromatic nitrogens is 3. The molecule has 0 spiro atoms. The van der Waals surface area contributed by atoms with Crippen LogP contribution in [-0.4, -0.2) is 21.6 Å². The second-order valence-electron chi connectivity index (χ2n) is 4.61. The SMILES string of the molecule is CCn1c(Cc2ccccc2OC)nc2cccnc21. The van der Waals surface area contributed by atoms with Gasteiger partial charge in [0.1, 0.15) is 17.1 Å². The van der Waals surface area contributed by atoms with E-state index in [1.54, 1.807) is 7.11 Å². The average Bonchev–Trinajstić information content (AvgIpc) is 2.85. The number of ether oxygens (including phenoxy) is 1. The van der Waals surface area contributed by atoms with Gasteiger partial charge in [0.25, 0.3) is 0 Å². The van der Waals surface area contributed by atoms with E-state index in [4.69, 9.17) is 9.72 Å². The van der Waals surface area contributed by atoms with Crippen LogP contribution < -0.4 is 4.74 Å². The van der Waals surface area contributed by atoms with Gasteiger partial charge in [-0.05, 0) is 25.1 Å². The Morgan fingerprint density at radius 1 is 1.15 bits per heavy atom. The number of pyridine rings is 1. The number of benzene rings is 1. The maximum Gasteiger partial charge on any atom is 0.159 e. The summed E-state index contributed by atoms with van der Waals surface area (Å²) in [6.45, 7) is 2.97. The van der Waals surface area contributed by atoms with E-state index in [0.29, 0.717) is 0 Å². The summed E-state index contributed by atoms with van der Waals surface area (Å²) in [5.41, 5.74) is 3.03. The Kier molecular flexibility index (Phi) is 3.37. The van der Waals surface area contributed by atoms with Gasteiger partial charge in [0.05, 0.1) is 7.11 Å². The van der Waals surface area contributed by atoms with Crippen molar-refractivity contribution in [3.63, 3.8) is 0 Å². The van der Waals surface area contributed by atoms with E-state index in [0.717, 1.165) is 41.3 Å². The molecule has 102 valence electrons. The minimum absolute atomic E-state index is 0.744. The van der Waals surface area contributed by atoms with Gasteiger partial charge >= 0.3 is 0 Å². The highest BCUT2D eigenvalue weighted by molar-refractivity contribution is 5.71. The fraction of sp³-hybridized carbons (Fsp3) is 0.250. The number of imidazole rings is 1. The smallest absolute Gasteiger partial charge is 0.159 e. The number of nitrogens with zero attached hydrogens (tertiary/aromatic N) is 3. The van der Waals surface area contributed by atoms with Crippen molar-refractivity contribution in [3.8, 4) is 5.75 Å². The van der Waals surface area contributed by atoms with E-state index >= 15 is 0 Å². The first-order valence-electron chi connectivity index (χ1n) is 6.75. The van der Waals surface area contributed by atoms with Crippen LogP contribution in [0.4, 0.5) is 0 Å². The van der Waals surface area contributed by atoms with Crippen LogP contribution in [0.2, 0.25) is 0 Å². The summed E-state index contributed by atoms with van der Waals surface area (Å²) in [5, 5.41) is 0. The van der Waals surface area contributed by atoms with Crippen LogP contribution >= 0.6 is 0 Å². The third kappa shape index (κ3) is 2.13. The fourth-order valence-electron chi connectivity index (χ4n) is 2.49. The van der Waals surface area contributed by atoms with Crippen molar-refractivity contribution >= 4 is 11.2 Å². The van der Waals surface area contributed by atoms with Gasteiger partial charge in [0.15, 0.2) is 5.65 Å². The van der Waals surface area contributed by atoms with Gasteiger partial charge in [-0.1, -0.05) is 18.2 Å². The summed E-state index contributed by atoms with van der Waals surface area (Å²) >= 11 is 0. The Morgan fingerprint density at radius 2 is 2.00 bits per heavy atom. The molecule has 2 heterocycles. The minimum Gasteiger partial charge on any atom is -0.496 e. The zero-order valence-electron chi connectivity index (χ0n) is 11.7. The molecule has 0 N–H and O–H groups in total. The lowest BCUT2D eigenvalue weighted by Crippen LogP contribution is -2.04. The van der Waals surface area contributed by atoms with Crippen LogP contribution in [0.15, 0.2) is 42.6 Å². The minimum atomic E-state index is 0.744. The number of hydrogen-bond acceptors (Lipinski definition) is 3. The van der Waals surface area contributed by atoms with Gasteiger partial charge in [-0.3, -0.25) is 0 Å². The van der Waals surface area contributed by atoms with E-state index < -0.39 is 0 Å². The van der Waals surface area contributed by atoms with E-state index in [9.17, 15) is 0 Å². The molecule has 4 heteroatoms. The van der Waals surface area contributed by atoms with Crippen LogP contribution in [-0.2, 0) is 13.0 Å². The molecule has 3 rings (SSSR count). The largest absolute Gasteiger partial charge is 0.496 e. The predicted molar refractivity (Wildman–Crippen MR) is 79.0 cm³/mol. The molecule has 0 radical (unpaired) electrons. The fourth-order valence-corrected chi connectivity index (χ4v) is 2.49. The Bertz CT molecular complexity index is 733. The van der Waals surface area contributed by atoms with Gasteiger partial charge in [-0.2, -0.15) is 0 Å². The van der Waals surface area contributed by atoms with E-state index in [1.165, 1.54) is 0 Å². The normalized spacial score (nSPS) is 10.9. The highest BCUT2D eigenvalue weighted by Gasteiger charge is 2.12. The molecule has 0 amide bonds. The van der Waals surface area contributed by atoms with Crippen molar-refractivity contribution in [1.29, 1.82) is 0 Å². The van der Waals surface area contributed by atoms with Crippen molar-refractivity contribution in [1.82, 2.24) is 14.5 Å². The molecule has 0 aliphatic carbocycles. The molecule has 0 atom stereocenters. The number of rotatable bonds is 4. The number of fused-ring (bicyclic) bond motifs is 1. The summed E-state index contributed by atoms with van der Waals surface area (Å²) in [7, 11) is 1.70. The summed E-state index contributed by atoms with van der Waals surface area (Å²) in [6.07, 6.45) is 2.55. The van der Waals surface area contributed by atoms with E-state index in [2.05, 4.69) is 22.5 Å². The summed E-state index contributed by atoms with van der Waals surface area (Å²) < 4.78 is 7.57. The van der Waals surface area contributed by atoms with Crippen LogP contribution in [0.3, 0.4) is 0 Å².